The first-order chi connectivity index (χ1) is 9.69. The van der Waals surface area contributed by atoms with Crippen molar-refractivity contribution in [1.29, 1.82) is 0 Å². The molecule has 2 heterocycles. The molecular formula is C14H11Cl2N3O. The molecule has 0 saturated heterocycles. The number of nitrogens with two attached hydrogens (primary N) is 1. The van der Waals surface area contributed by atoms with E-state index in [9.17, 15) is 0 Å². The number of fused-ring (bicyclic) bond motifs is 1. The Bertz CT molecular complexity index is 740. The molecule has 3 N–H and O–H groups in total. The van der Waals surface area contributed by atoms with Gasteiger partial charge in [0.15, 0.2) is 5.58 Å². The van der Waals surface area contributed by atoms with Gasteiger partial charge in [-0.3, -0.25) is 10.8 Å². The second-order valence-electron chi connectivity index (χ2n) is 4.31. The Labute approximate surface area is 125 Å². The third-order valence-corrected chi connectivity index (χ3v) is 3.53. The van der Waals surface area contributed by atoms with Crippen LogP contribution in [0.2, 0.25) is 10.0 Å². The van der Waals surface area contributed by atoms with Crippen molar-refractivity contribution in [1.82, 2.24) is 10.4 Å². The molecule has 0 amide bonds. The summed E-state index contributed by atoms with van der Waals surface area (Å²) in [7, 11) is 0. The smallest absolute Gasteiger partial charge is 0.152 e. The number of benzene rings is 1. The highest BCUT2D eigenvalue weighted by atomic mass is 35.5. The number of para-hydroxylation sites is 1. The van der Waals surface area contributed by atoms with Crippen LogP contribution in [-0.2, 0) is 0 Å². The molecule has 1 aromatic carbocycles. The van der Waals surface area contributed by atoms with Crippen molar-refractivity contribution in [2.75, 3.05) is 0 Å². The van der Waals surface area contributed by atoms with Crippen LogP contribution in [0, 0.1) is 0 Å². The summed E-state index contributed by atoms with van der Waals surface area (Å²) in [5, 5.41) is 2.05. The van der Waals surface area contributed by atoms with Crippen LogP contribution in [0.5, 0.6) is 0 Å². The van der Waals surface area contributed by atoms with Crippen LogP contribution >= 0.6 is 23.2 Å². The van der Waals surface area contributed by atoms with Crippen molar-refractivity contribution in [2.24, 2.45) is 5.84 Å². The van der Waals surface area contributed by atoms with Crippen LogP contribution in [-0.4, -0.2) is 4.98 Å². The van der Waals surface area contributed by atoms with Crippen molar-refractivity contribution in [3.05, 3.63) is 64.1 Å². The third kappa shape index (κ3) is 2.39. The lowest BCUT2D eigenvalue weighted by molar-refractivity contribution is 0.471. The molecule has 20 heavy (non-hydrogen) atoms. The number of nitrogens with one attached hydrogen (secondary N) is 1. The van der Waals surface area contributed by atoms with Gasteiger partial charge >= 0.3 is 0 Å². The fourth-order valence-electron chi connectivity index (χ4n) is 2.06. The lowest BCUT2D eigenvalue weighted by Gasteiger charge is -2.12. The maximum Gasteiger partial charge on any atom is 0.152 e. The van der Waals surface area contributed by atoms with Crippen LogP contribution in [0.25, 0.3) is 11.0 Å². The summed E-state index contributed by atoms with van der Waals surface area (Å²) in [5.41, 5.74) is 4.04. The molecule has 0 saturated carbocycles. The van der Waals surface area contributed by atoms with Gasteiger partial charge in [-0.25, -0.2) is 5.43 Å². The highest BCUT2D eigenvalue weighted by Gasteiger charge is 2.19. The molecule has 1 atom stereocenters. The Morgan fingerprint density at radius 3 is 2.70 bits per heavy atom. The van der Waals surface area contributed by atoms with Crippen molar-refractivity contribution < 1.29 is 4.42 Å². The zero-order valence-corrected chi connectivity index (χ0v) is 11.8. The normalized spacial score (nSPS) is 12.8. The summed E-state index contributed by atoms with van der Waals surface area (Å²) in [5.74, 6) is 6.26. The number of halogens is 2. The van der Waals surface area contributed by atoms with Gasteiger partial charge in [-0.15, -0.1) is 0 Å². The summed E-state index contributed by atoms with van der Waals surface area (Å²) in [6.07, 6.45) is 1.57. The maximum atomic E-state index is 6.11. The number of hydrazine groups is 1. The van der Waals surface area contributed by atoms with E-state index in [2.05, 4.69) is 10.4 Å². The number of pyridine rings is 1. The highest BCUT2D eigenvalue weighted by molar-refractivity contribution is 6.34. The summed E-state index contributed by atoms with van der Waals surface area (Å²) in [6, 6.07) is 10.7. The number of rotatable bonds is 3. The Morgan fingerprint density at radius 1 is 1.20 bits per heavy atom. The van der Waals surface area contributed by atoms with Gasteiger partial charge in [0.05, 0.1) is 15.7 Å². The van der Waals surface area contributed by atoms with Gasteiger partial charge in [0, 0.05) is 11.6 Å². The third-order valence-electron chi connectivity index (χ3n) is 3.01. The van der Waals surface area contributed by atoms with E-state index in [4.69, 9.17) is 33.5 Å². The molecule has 3 aromatic rings. The van der Waals surface area contributed by atoms with Crippen molar-refractivity contribution in [3.63, 3.8) is 0 Å². The maximum absolute atomic E-state index is 6.11. The van der Waals surface area contributed by atoms with Gasteiger partial charge < -0.3 is 4.42 Å². The minimum atomic E-state index is -0.365. The Kier molecular flexibility index (Phi) is 3.63. The molecule has 0 spiro atoms. The number of hydrogen-bond acceptors (Lipinski definition) is 4. The van der Waals surface area contributed by atoms with E-state index in [0.717, 1.165) is 5.39 Å². The van der Waals surface area contributed by atoms with E-state index in [1.54, 1.807) is 24.4 Å². The molecule has 4 nitrogen and oxygen atoms in total. The van der Waals surface area contributed by atoms with Crippen molar-refractivity contribution in [2.45, 2.75) is 6.04 Å². The molecule has 0 fully saturated rings. The summed E-state index contributed by atoms with van der Waals surface area (Å²) < 4.78 is 5.79. The quantitative estimate of drug-likeness (QED) is 0.572. The lowest BCUT2D eigenvalue weighted by Crippen LogP contribution is -2.29. The second-order valence-corrected chi connectivity index (χ2v) is 5.15. The summed E-state index contributed by atoms with van der Waals surface area (Å²) in [4.78, 5) is 4.25. The molecule has 0 aliphatic heterocycles. The van der Waals surface area contributed by atoms with E-state index in [-0.39, 0.29) is 6.04 Å². The summed E-state index contributed by atoms with van der Waals surface area (Å²) in [6.45, 7) is 0. The van der Waals surface area contributed by atoms with Gasteiger partial charge in [0.25, 0.3) is 0 Å². The largest absolute Gasteiger partial charge is 0.457 e. The highest BCUT2D eigenvalue weighted by Crippen LogP contribution is 2.31. The zero-order chi connectivity index (χ0) is 14.1. The molecule has 102 valence electrons. The number of hydrogen-bond donors (Lipinski definition) is 2. The Hall–Kier alpha value is -1.59. The molecule has 0 aliphatic rings. The van der Waals surface area contributed by atoms with Crippen LogP contribution < -0.4 is 11.3 Å². The van der Waals surface area contributed by atoms with Gasteiger partial charge in [-0.1, -0.05) is 35.3 Å². The van der Waals surface area contributed by atoms with E-state index >= 15 is 0 Å². The van der Waals surface area contributed by atoms with Crippen LogP contribution in [0.4, 0.5) is 0 Å². The average molecular weight is 308 g/mol. The van der Waals surface area contributed by atoms with E-state index in [1.807, 2.05) is 18.2 Å². The van der Waals surface area contributed by atoms with E-state index in [0.29, 0.717) is 27.1 Å². The first kappa shape index (κ1) is 13.4. The minimum Gasteiger partial charge on any atom is -0.457 e. The Morgan fingerprint density at radius 2 is 2.05 bits per heavy atom. The molecule has 3 rings (SSSR count). The number of nitrogens with zero attached hydrogens (tertiary/aromatic N) is 1. The molecule has 0 bridgehead atoms. The van der Waals surface area contributed by atoms with E-state index < -0.39 is 0 Å². The van der Waals surface area contributed by atoms with Crippen molar-refractivity contribution in [3.8, 4) is 0 Å². The fourth-order valence-corrected chi connectivity index (χ4v) is 2.39. The number of aromatic nitrogens is 1. The first-order valence-corrected chi connectivity index (χ1v) is 6.70. The Balaban J connectivity index is 2.07. The number of furan rings is 1. The topological polar surface area (TPSA) is 64.1 Å². The van der Waals surface area contributed by atoms with Crippen molar-refractivity contribution >= 4 is 34.2 Å². The predicted octanol–water partition coefficient (Wildman–Crippen LogP) is 3.69. The predicted molar refractivity (Wildman–Crippen MR) is 79.6 cm³/mol. The van der Waals surface area contributed by atoms with Gasteiger partial charge in [-0.05, 0) is 24.3 Å². The average Bonchev–Trinajstić information content (AvgIpc) is 2.87. The van der Waals surface area contributed by atoms with E-state index in [1.165, 1.54) is 0 Å². The monoisotopic (exact) mass is 307 g/mol. The molecule has 6 heteroatoms. The molecule has 1 unspecified atom stereocenters. The van der Waals surface area contributed by atoms with Gasteiger partial charge in [0.2, 0.25) is 0 Å². The zero-order valence-electron chi connectivity index (χ0n) is 10.3. The molecule has 0 radical (unpaired) electrons. The first-order valence-electron chi connectivity index (χ1n) is 5.94. The molecular weight excluding hydrogens is 297 g/mol. The van der Waals surface area contributed by atoms with Crippen LogP contribution in [0.15, 0.2) is 47.0 Å². The molecule has 0 aliphatic carbocycles. The van der Waals surface area contributed by atoms with Crippen LogP contribution in [0.3, 0.4) is 0 Å². The lowest BCUT2D eigenvalue weighted by atomic mass is 10.1. The van der Waals surface area contributed by atoms with Gasteiger partial charge in [0.1, 0.15) is 11.8 Å². The second kappa shape index (κ2) is 5.42. The van der Waals surface area contributed by atoms with Gasteiger partial charge in [-0.2, -0.15) is 0 Å². The standard InChI is InChI=1S/C14H11Cl2N3O/c15-9-4-5-11(18-7-9)13(19-17)12-6-8-2-1-3-10(16)14(8)20-12/h1-7,13,19H,17H2. The van der Waals surface area contributed by atoms with Crippen LogP contribution in [0.1, 0.15) is 17.5 Å². The summed E-state index contributed by atoms with van der Waals surface area (Å²) >= 11 is 11.9. The molecule has 2 aromatic heterocycles. The fraction of sp³-hybridized carbons (Fsp3) is 0.0714. The SMILES string of the molecule is NNC(c1ccc(Cl)cn1)c1cc2cccc(Cl)c2o1. The minimum absolute atomic E-state index is 0.365.